The number of benzene rings is 1. The first-order valence-electron chi connectivity index (χ1n) is 7.13. The maximum Gasteiger partial charge on any atom is 0.246 e. The van der Waals surface area contributed by atoms with E-state index < -0.39 is 6.04 Å². The van der Waals surface area contributed by atoms with E-state index in [1.165, 1.54) is 0 Å². The Morgan fingerprint density at radius 1 is 1.14 bits per heavy atom. The molecule has 0 saturated heterocycles. The fraction of sp³-hybridized carbons (Fsp3) is 0.500. The summed E-state index contributed by atoms with van der Waals surface area (Å²) in [5.41, 5.74) is 0.784. The van der Waals surface area contributed by atoms with Gasteiger partial charge in [0.05, 0.1) is 5.75 Å². The van der Waals surface area contributed by atoms with Crippen LogP contribution >= 0.6 is 11.8 Å². The second-order valence-electron chi connectivity index (χ2n) is 5.29. The van der Waals surface area contributed by atoms with Crippen molar-refractivity contribution in [3.63, 3.8) is 0 Å². The molecule has 116 valence electrons. The normalized spacial score (nSPS) is 13.6. The van der Waals surface area contributed by atoms with Crippen molar-refractivity contribution < 1.29 is 9.59 Å². The molecule has 0 bridgehead atoms. The SMILES string of the molecule is CNC(=O)[C@@H](NC(=O)CS[C@H](C)C(C)C)c1ccccc1. The summed E-state index contributed by atoms with van der Waals surface area (Å²) in [6.45, 7) is 6.37. The Kier molecular flexibility index (Phi) is 7.29. The summed E-state index contributed by atoms with van der Waals surface area (Å²) >= 11 is 1.61. The van der Waals surface area contributed by atoms with Gasteiger partial charge in [0.25, 0.3) is 0 Å². The summed E-state index contributed by atoms with van der Waals surface area (Å²) in [6.07, 6.45) is 0. The number of rotatable bonds is 7. The van der Waals surface area contributed by atoms with Crippen molar-refractivity contribution in [1.82, 2.24) is 10.6 Å². The van der Waals surface area contributed by atoms with Crippen LogP contribution in [-0.4, -0.2) is 29.9 Å². The van der Waals surface area contributed by atoms with Gasteiger partial charge in [0.2, 0.25) is 11.8 Å². The molecule has 0 heterocycles. The highest BCUT2D eigenvalue weighted by molar-refractivity contribution is 8.00. The molecule has 2 N–H and O–H groups in total. The Balaban J connectivity index is 2.66. The average molecular weight is 308 g/mol. The lowest BCUT2D eigenvalue weighted by Gasteiger charge is -2.19. The van der Waals surface area contributed by atoms with Crippen LogP contribution in [-0.2, 0) is 9.59 Å². The molecule has 0 spiro atoms. The maximum absolute atomic E-state index is 12.1. The summed E-state index contributed by atoms with van der Waals surface area (Å²) in [6, 6.07) is 8.62. The smallest absolute Gasteiger partial charge is 0.246 e. The number of hydrogen-bond donors (Lipinski definition) is 2. The van der Waals surface area contributed by atoms with E-state index in [2.05, 4.69) is 31.4 Å². The first kappa shape index (κ1) is 17.6. The van der Waals surface area contributed by atoms with Gasteiger partial charge in [-0.25, -0.2) is 0 Å². The predicted molar refractivity (Wildman–Crippen MR) is 88.2 cm³/mol. The zero-order chi connectivity index (χ0) is 15.8. The molecule has 0 aromatic heterocycles. The Hall–Kier alpha value is -1.49. The van der Waals surface area contributed by atoms with E-state index in [4.69, 9.17) is 0 Å². The van der Waals surface area contributed by atoms with E-state index in [9.17, 15) is 9.59 Å². The van der Waals surface area contributed by atoms with Gasteiger partial charge in [-0.05, 0) is 11.5 Å². The molecule has 1 aromatic rings. The Bertz CT molecular complexity index is 463. The predicted octanol–water partition coefficient (Wildman–Crippen LogP) is 2.37. The Morgan fingerprint density at radius 3 is 2.29 bits per heavy atom. The van der Waals surface area contributed by atoms with Gasteiger partial charge in [-0.15, -0.1) is 11.8 Å². The maximum atomic E-state index is 12.1. The lowest BCUT2D eigenvalue weighted by molar-refractivity contribution is -0.127. The van der Waals surface area contributed by atoms with E-state index in [0.717, 1.165) is 5.56 Å². The van der Waals surface area contributed by atoms with Crippen molar-refractivity contribution in [3.05, 3.63) is 35.9 Å². The van der Waals surface area contributed by atoms with Crippen molar-refractivity contribution in [2.24, 2.45) is 5.92 Å². The minimum Gasteiger partial charge on any atom is -0.357 e. The lowest BCUT2D eigenvalue weighted by Crippen LogP contribution is -2.40. The third-order valence-corrected chi connectivity index (χ3v) is 4.86. The second-order valence-corrected chi connectivity index (χ2v) is 6.65. The van der Waals surface area contributed by atoms with Crippen LogP contribution in [0.15, 0.2) is 30.3 Å². The highest BCUT2D eigenvalue weighted by Crippen LogP contribution is 2.19. The first-order chi connectivity index (χ1) is 9.95. The number of thioether (sulfide) groups is 1. The molecular formula is C16H24N2O2S. The van der Waals surface area contributed by atoms with Crippen LogP contribution < -0.4 is 10.6 Å². The molecular weight excluding hydrogens is 284 g/mol. The summed E-state index contributed by atoms with van der Waals surface area (Å²) < 4.78 is 0. The molecule has 0 fully saturated rings. The van der Waals surface area contributed by atoms with E-state index in [1.54, 1.807) is 18.8 Å². The van der Waals surface area contributed by atoms with Gasteiger partial charge in [-0.1, -0.05) is 51.1 Å². The van der Waals surface area contributed by atoms with Gasteiger partial charge in [-0.3, -0.25) is 9.59 Å². The minimum absolute atomic E-state index is 0.120. The number of hydrogen-bond acceptors (Lipinski definition) is 3. The molecule has 21 heavy (non-hydrogen) atoms. The average Bonchev–Trinajstić information content (AvgIpc) is 2.50. The van der Waals surface area contributed by atoms with Gasteiger partial charge in [0.1, 0.15) is 6.04 Å². The summed E-state index contributed by atoms with van der Waals surface area (Å²) in [4.78, 5) is 24.0. The van der Waals surface area contributed by atoms with Crippen LogP contribution in [0.4, 0.5) is 0 Å². The third-order valence-electron chi connectivity index (χ3n) is 3.36. The quantitative estimate of drug-likeness (QED) is 0.813. The summed E-state index contributed by atoms with van der Waals surface area (Å²) in [5, 5.41) is 5.81. The summed E-state index contributed by atoms with van der Waals surface area (Å²) in [7, 11) is 1.57. The Morgan fingerprint density at radius 2 is 1.76 bits per heavy atom. The lowest BCUT2D eigenvalue weighted by atomic mass is 10.1. The van der Waals surface area contributed by atoms with Crippen molar-refractivity contribution in [2.75, 3.05) is 12.8 Å². The standard InChI is InChI=1S/C16H24N2O2S/c1-11(2)12(3)21-10-14(19)18-15(16(20)17-4)13-8-6-5-7-9-13/h5-9,11-12,15H,10H2,1-4H3,(H,17,20)(H,18,19)/t12-,15+/m1/s1. The van der Waals surface area contributed by atoms with Crippen molar-refractivity contribution >= 4 is 23.6 Å². The fourth-order valence-corrected chi connectivity index (χ4v) is 2.57. The number of amides is 2. The number of likely N-dealkylation sites (N-methyl/N-ethyl adjacent to an activating group) is 1. The molecule has 1 rings (SSSR count). The highest BCUT2D eigenvalue weighted by atomic mass is 32.2. The van der Waals surface area contributed by atoms with Crippen LogP contribution in [0.5, 0.6) is 0 Å². The van der Waals surface area contributed by atoms with Crippen molar-refractivity contribution in [3.8, 4) is 0 Å². The molecule has 0 aliphatic rings. The molecule has 0 aliphatic carbocycles. The molecule has 2 amide bonds. The third kappa shape index (κ3) is 5.79. The van der Waals surface area contributed by atoms with Gasteiger partial charge < -0.3 is 10.6 Å². The van der Waals surface area contributed by atoms with E-state index in [0.29, 0.717) is 16.9 Å². The van der Waals surface area contributed by atoms with Crippen molar-refractivity contribution in [2.45, 2.75) is 32.1 Å². The number of carbonyl (C=O) groups is 2. The van der Waals surface area contributed by atoms with E-state index in [-0.39, 0.29) is 11.8 Å². The molecule has 0 aliphatic heterocycles. The first-order valence-corrected chi connectivity index (χ1v) is 8.18. The van der Waals surface area contributed by atoms with Gasteiger partial charge in [0.15, 0.2) is 0 Å². The topological polar surface area (TPSA) is 58.2 Å². The van der Waals surface area contributed by atoms with Crippen LogP contribution in [0.3, 0.4) is 0 Å². The fourth-order valence-electron chi connectivity index (χ4n) is 1.69. The van der Waals surface area contributed by atoms with Gasteiger partial charge in [0, 0.05) is 12.3 Å². The highest BCUT2D eigenvalue weighted by Gasteiger charge is 2.21. The van der Waals surface area contributed by atoms with Crippen LogP contribution in [0.1, 0.15) is 32.4 Å². The van der Waals surface area contributed by atoms with Crippen molar-refractivity contribution in [1.29, 1.82) is 0 Å². The van der Waals surface area contributed by atoms with Gasteiger partial charge >= 0.3 is 0 Å². The molecule has 0 saturated carbocycles. The molecule has 0 radical (unpaired) electrons. The number of nitrogens with one attached hydrogen (secondary N) is 2. The Labute approximate surface area is 131 Å². The van der Waals surface area contributed by atoms with Gasteiger partial charge in [-0.2, -0.15) is 0 Å². The summed E-state index contributed by atoms with van der Waals surface area (Å²) in [5.74, 6) is 0.549. The van der Waals surface area contributed by atoms with Crippen LogP contribution in [0.25, 0.3) is 0 Å². The number of carbonyl (C=O) groups excluding carboxylic acids is 2. The van der Waals surface area contributed by atoms with Crippen LogP contribution in [0.2, 0.25) is 0 Å². The van der Waals surface area contributed by atoms with E-state index in [1.807, 2.05) is 30.3 Å². The minimum atomic E-state index is -0.640. The van der Waals surface area contributed by atoms with Crippen LogP contribution in [0, 0.1) is 5.92 Å². The molecule has 4 nitrogen and oxygen atoms in total. The second kappa shape index (κ2) is 8.72. The molecule has 1 aromatic carbocycles. The zero-order valence-corrected chi connectivity index (χ0v) is 13.9. The zero-order valence-electron chi connectivity index (χ0n) is 13.1. The molecule has 5 heteroatoms. The van der Waals surface area contributed by atoms with E-state index >= 15 is 0 Å². The molecule has 0 unspecified atom stereocenters. The largest absolute Gasteiger partial charge is 0.357 e. The monoisotopic (exact) mass is 308 g/mol. The molecule has 2 atom stereocenters.